The van der Waals surface area contributed by atoms with E-state index in [2.05, 4.69) is 15.2 Å². The molecule has 0 radical (unpaired) electrons. The van der Waals surface area contributed by atoms with E-state index in [4.69, 9.17) is 10.7 Å². The second-order valence-electron chi connectivity index (χ2n) is 7.53. The van der Waals surface area contributed by atoms with Crippen LogP contribution in [0.2, 0.25) is 0 Å². The Hall–Kier alpha value is -1.78. The lowest BCUT2D eigenvalue weighted by Gasteiger charge is -2.15. The number of carbonyl (C=O) groups excluding carboxylic acids is 1. The summed E-state index contributed by atoms with van der Waals surface area (Å²) in [7, 11) is 0. The molecule has 0 aromatic carbocycles. The summed E-state index contributed by atoms with van der Waals surface area (Å²) >= 11 is 4.77. The molecule has 0 spiro atoms. The third kappa shape index (κ3) is 3.85. The first-order chi connectivity index (χ1) is 14.1. The van der Waals surface area contributed by atoms with Gasteiger partial charge in [-0.25, -0.2) is 9.97 Å². The van der Waals surface area contributed by atoms with Crippen molar-refractivity contribution in [3.8, 4) is 0 Å². The molecule has 3 aromatic heterocycles. The summed E-state index contributed by atoms with van der Waals surface area (Å²) in [6.07, 6.45) is 8.03. The van der Waals surface area contributed by atoms with Crippen molar-refractivity contribution in [3.63, 3.8) is 0 Å². The molecule has 1 saturated carbocycles. The van der Waals surface area contributed by atoms with Gasteiger partial charge in [0.2, 0.25) is 11.0 Å². The summed E-state index contributed by atoms with van der Waals surface area (Å²) in [6.45, 7) is 1.58. The lowest BCUT2D eigenvalue weighted by atomic mass is 10.1. The molecule has 2 aliphatic carbocycles. The second kappa shape index (κ2) is 7.81. The Balaban J connectivity index is 1.34. The summed E-state index contributed by atoms with van der Waals surface area (Å²) in [5.74, 6) is 1.93. The second-order valence-corrected chi connectivity index (χ2v) is 10.8. The van der Waals surface area contributed by atoms with E-state index >= 15 is 0 Å². The molecule has 152 valence electrons. The van der Waals surface area contributed by atoms with Crippen molar-refractivity contribution >= 4 is 61.5 Å². The first kappa shape index (κ1) is 19.2. The summed E-state index contributed by atoms with van der Waals surface area (Å²) in [5, 5.41) is 10.2. The van der Waals surface area contributed by atoms with Gasteiger partial charge in [0.05, 0.1) is 11.1 Å². The molecule has 1 amide bonds. The van der Waals surface area contributed by atoms with Crippen LogP contribution in [0.3, 0.4) is 0 Å². The molecule has 1 fully saturated rings. The van der Waals surface area contributed by atoms with E-state index in [1.165, 1.54) is 41.0 Å². The minimum atomic E-state index is 0.0271. The van der Waals surface area contributed by atoms with Crippen LogP contribution in [0.5, 0.6) is 0 Å². The number of nitrogens with zero attached hydrogens (tertiary/aromatic N) is 5. The molecule has 29 heavy (non-hydrogen) atoms. The highest BCUT2D eigenvalue weighted by Gasteiger charge is 2.34. The number of aromatic nitrogens is 4. The average Bonchev–Trinajstić information content (AvgIpc) is 3.35. The first-order valence-corrected chi connectivity index (χ1v) is 12.5. The molecule has 3 heterocycles. The van der Waals surface area contributed by atoms with Gasteiger partial charge in [-0.2, -0.15) is 0 Å². The van der Waals surface area contributed by atoms with Gasteiger partial charge in [-0.3, -0.25) is 9.69 Å². The van der Waals surface area contributed by atoms with Gasteiger partial charge in [0, 0.05) is 17.8 Å². The van der Waals surface area contributed by atoms with E-state index in [0.29, 0.717) is 16.7 Å². The van der Waals surface area contributed by atoms with Crippen LogP contribution < -0.4 is 10.6 Å². The highest BCUT2D eigenvalue weighted by Crippen LogP contribution is 2.39. The van der Waals surface area contributed by atoms with Crippen LogP contribution in [0.25, 0.3) is 10.2 Å². The van der Waals surface area contributed by atoms with Crippen LogP contribution in [0.15, 0.2) is 4.34 Å². The Morgan fingerprint density at radius 3 is 2.79 bits per heavy atom. The Labute approximate surface area is 181 Å². The summed E-state index contributed by atoms with van der Waals surface area (Å²) in [4.78, 5) is 25.5. The first-order valence-electron chi connectivity index (χ1n) is 9.93. The van der Waals surface area contributed by atoms with Crippen molar-refractivity contribution in [1.29, 1.82) is 0 Å². The summed E-state index contributed by atoms with van der Waals surface area (Å²) in [6, 6.07) is 0.290. The number of fused-ring (bicyclic) bond motifs is 3. The third-order valence-electron chi connectivity index (χ3n) is 5.32. The van der Waals surface area contributed by atoms with Gasteiger partial charge < -0.3 is 5.73 Å². The standard InChI is InChI=1S/C19H22N6OS3/c1-10(26)25(11-7-8-11)18-23-24-19(29-18)27-9-14-21-16(20)15-12-5-3-2-4-6-13(12)28-17(15)22-14/h11H,2-9H2,1H3,(H2,20,21,22). The number of hydrogen-bond donors (Lipinski definition) is 1. The average molecular weight is 447 g/mol. The van der Waals surface area contributed by atoms with E-state index in [1.54, 1.807) is 34.9 Å². The van der Waals surface area contributed by atoms with Crippen molar-refractivity contribution in [2.45, 2.75) is 68.0 Å². The largest absolute Gasteiger partial charge is 0.383 e. The van der Waals surface area contributed by atoms with Crippen LogP contribution in [-0.4, -0.2) is 32.1 Å². The highest BCUT2D eigenvalue weighted by atomic mass is 32.2. The van der Waals surface area contributed by atoms with Gasteiger partial charge in [-0.15, -0.1) is 21.5 Å². The molecule has 0 aliphatic heterocycles. The predicted octanol–water partition coefficient (Wildman–Crippen LogP) is 4.20. The van der Waals surface area contributed by atoms with Gasteiger partial charge in [0.25, 0.3) is 0 Å². The van der Waals surface area contributed by atoms with Crippen molar-refractivity contribution in [3.05, 3.63) is 16.3 Å². The van der Waals surface area contributed by atoms with Crippen LogP contribution in [0.4, 0.5) is 10.9 Å². The number of thioether (sulfide) groups is 1. The minimum Gasteiger partial charge on any atom is -0.383 e. The summed E-state index contributed by atoms with van der Waals surface area (Å²) < 4.78 is 0.816. The van der Waals surface area contributed by atoms with E-state index in [1.807, 2.05) is 0 Å². The maximum Gasteiger partial charge on any atom is 0.225 e. The Bertz CT molecular complexity index is 1070. The number of hydrogen-bond acceptors (Lipinski definition) is 9. The zero-order valence-corrected chi connectivity index (χ0v) is 18.6. The van der Waals surface area contributed by atoms with Crippen LogP contribution >= 0.6 is 34.4 Å². The maximum absolute atomic E-state index is 11.9. The van der Waals surface area contributed by atoms with E-state index in [9.17, 15) is 4.79 Å². The Kier molecular flexibility index (Phi) is 5.17. The number of nitrogens with two attached hydrogens (primary N) is 1. The Morgan fingerprint density at radius 1 is 1.17 bits per heavy atom. The molecule has 2 aliphatic rings. The van der Waals surface area contributed by atoms with Crippen LogP contribution in [0.1, 0.15) is 55.3 Å². The molecule has 5 rings (SSSR count). The molecule has 7 nitrogen and oxygen atoms in total. The fourth-order valence-corrected chi connectivity index (χ4v) is 6.94. The van der Waals surface area contributed by atoms with E-state index in [0.717, 1.165) is 46.1 Å². The normalized spacial score (nSPS) is 16.6. The van der Waals surface area contributed by atoms with E-state index < -0.39 is 0 Å². The van der Waals surface area contributed by atoms with Gasteiger partial charge in [0.15, 0.2) is 4.34 Å². The lowest BCUT2D eigenvalue weighted by Crippen LogP contribution is -2.30. The predicted molar refractivity (Wildman–Crippen MR) is 119 cm³/mol. The van der Waals surface area contributed by atoms with E-state index in [-0.39, 0.29) is 11.9 Å². The Morgan fingerprint density at radius 2 is 2.00 bits per heavy atom. The quantitative estimate of drug-likeness (QED) is 0.356. The number of anilines is 2. The number of nitrogen functional groups attached to an aromatic ring is 1. The molecule has 0 bridgehead atoms. The fourth-order valence-electron chi connectivity index (χ4n) is 3.84. The molecular formula is C19H22N6OS3. The number of aryl methyl sites for hydroxylation is 2. The van der Waals surface area contributed by atoms with Crippen molar-refractivity contribution in [1.82, 2.24) is 20.2 Å². The zero-order chi connectivity index (χ0) is 20.0. The smallest absolute Gasteiger partial charge is 0.225 e. The fraction of sp³-hybridized carbons (Fsp3) is 0.526. The summed E-state index contributed by atoms with van der Waals surface area (Å²) in [5.41, 5.74) is 7.71. The number of amides is 1. The van der Waals surface area contributed by atoms with Crippen LogP contribution in [-0.2, 0) is 23.4 Å². The van der Waals surface area contributed by atoms with Gasteiger partial charge in [-0.05, 0) is 44.1 Å². The number of rotatable bonds is 5. The van der Waals surface area contributed by atoms with Gasteiger partial charge in [0.1, 0.15) is 16.5 Å². The molecule has 2 N–H and O–H groups in total. The van der Waals surface area contributed by atoms with Gasteiger partial charge in [-0.1, -0.05) is 29.5 Å². The molecule has 0 saturated heterocycles. The van der Waals surface area contributed by atoms with Crippen molar-refractivity contribution in [2.24, 2.45) is 0 Å². The molecule has 10 heteroatoms. The van der Waals surface area contributed by atoms with Crippen molar-refractivity contribution < 1.29 is 4.79 Å². The molecule has 3 aromatic rings. The number of thiophene rings is 1. The lowest BCUT2D eigenvalue weighted by molar-refractivity contribution is -0.116. The monoisotopic (exact) mass is 446 g/mol. The minimum absolute atomic E-state index is 0.0271. The zero-order valence-electron chi connectivity index (χ0n) is 16.2. The third-order valence-corrected chi connectivity index (χ3v) is 8.55. The maximum atomic E-state index is 11.9. The topological polar surface area (TPSA) is 97.9 Å². The molecule has 0 unspecified atom stereocenters. The van der Waals surface area contributed by atoms with Crippen molar-refractivity contribution in [2.75, 3.05) is 10.6 Å². The molecular weight excluding hydrogens is 424 g/mol. The molecule has 0 atom stereocenters. The van der Waals surface area contributed by atoms with Gasteiger partial charge >= 0.3 is 0 Å². The number of carbonyl (C=O) groups is 1. The highest BCUT2D eigenvalue weighted by molar-refractivity contribution is 8.00. The van der Waals surface area contributed by atoms with Crippen LogP contribution in [0, 0.1) is 0 Å². The SMILES string of the molecule is CC(=O)N(c1nnc(SCc2nc(N)c3c4c(sc3n2)CCCCC4)s1)C1CC1.